The molecule has 0 fully saturated rings. The van der Waals surface area contributed by atoms with E-state index in [0.29, 0.717) is 26.4 Å². The van der Waals surface area contributed by atoms with Gasteiger partial charge in [-0.05, 0) is 13.8 Å². The Bertz CT molecular complexity index is 290. The highest BCUT2D eigenvalue weighted by atomic mass is 16.6. The van der Waals surface area contributed by atoms with E-state index < -0.39 is 0 Å². The van der Waals surface area contributed by atoms with Gasteiger partial charge < -0.3 is 18.9 Å². The van der Waals surface area contributed by atoms with Gasteiger partial charge in [-0.2, -0.15) is 0 Å². The predicted octanol–water partition coefficient (Wildman–Crippen LogP) is 1.26. The first-order chi connectivity index (χ1) is 9.70. The molecule has 0 aliphatic rings. The maximum Gasteiger partial charge on any atom is 0.330 e. The number of hydrogen-bond donors (Lipinski definition) is 0. The Morgan fingerprint density at radius 3 is 1.40 bits per heavy atom. The van der Waals surface area contributed by atoms with Gasteiger partial charge in [0.05, 0.1) is 26.4 Å². The van der Waals surface area contributed by atoms with Gasteiger partial charge in [-0.3, -0.25) is 0 Å². The average molecular weight is 286 g/mol. The van der Waals surface area contributed by atoms with Crippen LogP contribution in [-0.4, -0.2) is 51.6 Å². The fourth-order valence-corrected chi connectivity index (χ4v) is 1.09. The number of carbonyl (C=O) groups is 2. The van der Waals surface area contributed by atoms with Crippen LogP contribution in [0.5, 0.6) is 0 Å². The highest BCUT2D eigenvalue weighted by Gasteiger charge is 1.97. The molecule has 6 nitrogen and oxygen atoms in total. The number of hydrogen-bond acceptors (Lipinski definition) is 6. The Hall–Kier alpha value is -1.66. The molecule has 0 aromatic carbocycles. The SMILES string of the molecule is C/C=C/C(=O)OCCOCCOCCOC(=O)/C=C/C. The summed E-state index contributed by atoms with van der Waals surface area (Å²) in [7, 11) is 0. The average Bonchev–Trinajstić information content (AvgIpc) is 2.41. The summed E-state index contributed by atoms with van der Waals surface area (Å²) < 4.78 is 20.0. The van der Waals surface area contributed by atoms with Crippen molar-refractivity contribution in [1.29, 1.82) is 0 Å². The summed E-state index contributed by atoms with van der Waals surface area (Å²) in [6.07, 6.45) is 5.91. The van der Waals surface area contributed by atoms with Crippen LogP contribution in [0.15, 0.2) is 24.3 Å². The summed E-state index contributed by atoms with van der Waals surface area (Å²) in [4.78, 5) is 21.8. The van der Waals surface area contributed by atoms with Crippen molar-refractivity contribution in [2.75, 3.05) is 39.6 Å². The quantitative estimate of drug-likeness (QED) is 0.323. The van der Waals surface area contributed by atoms with E-state index in [1.165, 1.54) is 12.2 Å². The molecule has 0 bridgehead atoms. The van der Waals surface area contributed by atoms with Crippen molar-refractivity contribution in [3.05, 3.63) is 24.3 Å². The molecule has 0 saturated heterocycles. The monoisotopic (exact) mass is 286 g/mol. The van der Waals surface area contributed by atoms with Gasteiger partial charge in [-0.15, -0.1) is 0 Å². The van der Waals surface area contributed by atoms with Crippen molar-refractivity contribution in [2.24, 2.45) is 0 Å². The molecule has 0 amide bonds. The third-order valence-electron chi connectivity index (χ3n) is 1.92. The third kappa shape index (κ3) is 12.8. The van der Waals surface area contributed by atoms with Crippen molar-refractivity contribution in [1.82, 2.24) is 0 Å². The molecule has 0 spiro atoms. The second-order valence-electron chi connectivity index (χ2n) is 3.56. The zero-order chi connectivity index (χ0) is 15.1. The van der Waals surface area contributed by atoms with Crippen LogP contribution < -0.4 is 0 Å². The van der Waals surface area contributed by atoms with Gasteiger partial charge in [0.25, 0.3) is 0 Å². The minimum atomic E-state index is -0.379. The fourth-order valence-electron chi connectivity index (χ4n) is 1.09. The van der Waals surface area contributed by atoms with Gasteiger partial charge in [0, 0.05) is 12.2 Å². The lowest BCUT2D eigenvalue weighted by atomic mass is 10.5. The Morgan fingerprint density at radius 1 is 0.700 bits per heavy atom. The van der Waals surface area contributed by atoms with E-state index in [-0.39, 0.29) is 25.2 Å². The third-order valence-corrected chi connectivity index (χ3v) is 1.92. The first-order valence-electron chi connectivity index (χ1n) is 6.45. The molecule has 0 rings (SSSR count). The first kappa shape index (κ1) is 18.3. The van der Waals surface area contributed by atoms with Crippen LogP contribution in [0.3, 0.4) is 0 Å². The lowest BCUT2D eigenvalue weighted by Gasteiger charge is -2.06. The second kappa shape index (κ2) is 13.8. The number of rotatable bonds is 11. The first-order valence-corrected chi connectivity index (χ1v) is 6.45. The number of esters is 2. The highest BCUT2D eigenvalue weighted by molar-refractivity contribution is 5.82. The fraction of sp³-hybridized carbons (Fsp3) is 0.571. The van der Waals surface area contributed by atoms with Crippen LogP contribution in [0.4, 0.5) is 0 Å². The highest BCUT2D eigenvalue weighted by Crippen LogP contribution is 1.86. The van der Waals surface area contributed by atoms with E-state index in [1.807, 2.05) is 0 Å². The molecule has 0 unspecified atom stereocenters. The van der Waals surface area contributed by atoms with Crippen LogP contribution in [-0.2, 0) is 28.5 Å². The lowest BCUT2D eigenvalue weighted by molar-refractivity contribution is -0.141. The largest absolute Gasteiger partial charge is 0.460 e. The van der Waals surface area contributed by atoms with E-state index in [4.69, 9.17) is 18.9 Å². The normalized spacial score (nSPS) is 11.1. The predicted molar refractivity (Wildman–Crippen MR) is 73.2 cm³/mol. The Balaban J connectivity index is 3.21. The Morgan fingerprint density at radius 2 is 1.05 bits per heavy atom. The van der Waals surface area contributed by atoms with Gasteiger partial charge in [-0.25, -0.2) is 9.59 Å². The standard InChI is InChI=1S/C14H22O6/c1-3-5-13(15)19-11-9-17-7-8-18-10-12-20-14(16)6-4-2/h3-6H,7-12H2,1-2H3/b5-3+,6-4+. The molecule has 0 radical (unpaired) electrons. The van der Waals surface area contributed by atoms with Crippen molar-refractivity contribution in [3.8, 4) is 0 Å². The van der Waals surface area contributed by atoms with Gasteiger partial charge in [0.2, 0.25) is 0 Å². The molecule has 0 aromatic heterocycles. The van der Waals surface area contributed by atoms with Crippen molar-refractivity contribution in [3.63, 3.8) is 0 Å². The summed E-state index contributed by atoms with van der Waals surface area (Å²) in [6, 6.07) is 0. The zero-order valence-electron chi connectivity index (χ0n) is 12.0. The van der Waals surface area contributed by atoms with Crippen LogP contribution in [0, 0.1) is 0 Å². The molecule has 0 N–H and O–H groups in total. The number of ether oxygens (including phenoxy) is 4. The van der Waals surface area contributed by atoms with E-state index in [1.54, 1.807) is 26.0 Å². The van der Waals surface area contributed by atoms with Crippen molar-refractivity contribution < 1.29 is 28.5 Å². The summed E-state index contributed by atoms with van der Waals surface area (Å²) in [5.41, 5.74) is 0. The van der Waals surface area contributed by atoms with Gasteiger partial charge in [0.1, 0.15) is 13.2 Å². The smallest absolute Gasteiger partial charge is 0.330 e. The molecule has 6 heteroatoms. The van der Waals surface area contributed by atoms with E-state index in [0.717, 1.165) is 0 Å². The van der Waals surface area contributed by atoms with Crippen LogP contribution in [0.1, 0.15) is 13.8 Å². The van der Waals surface area contributed by atoms with Crippen LogP contribution in [0.2, 0.25) is 0 Å². The summed E-state index contributed by atoms with van der Waals surface area (Å²) in [6.45, 7) is 5.34. The minimum absolute atomic E-state index is 0.212. The molecule has 0 aliphatic heterocycles. The maximum absolute atomic E-state index is 10.9. The number of carbonyl (C=O) groups excluding carboxylic acids is 2. The molecule has 0 aliphatic carbocycles. The molecule has 0 saturated carbocycles. The molecule has 0 atom stereocenters. The van der Waals surface area contributed by atoms with Crippen molar-refractivity contribution in [2.45, 2.75) is 13.8 Å². The summed E-state index contributed by atoms with van der Waals surface area (Å²) >= 11 is 0. The Labute approximate surface area is 119 Å². The van der Waals surface area contributed by atoms with Gasteiger partial charge in [-0.1, -0.05) is 12.2 Å². The van der Waals surface area contributed by atoms with Gasteiger partial charge >= 0.3 is 11.9 Å². The molecular weight excluding hydrogens is 264 g/mol. The molecule has 0 aromatic rings. The van der Waals surface area contributed by atoms with Crippen LogP contribution in [0.25, 0.3) is 0 Å². The van der Waals surface area contributed by atoms with Crippen LogP contribution >= 0.6 is 0 Å². The molecule has 114 valence electrons. The molecular formula is C14H22O6. The number of allylic oxidation sites excluding steroid dienone is 2. The van der Waals surface area contributed by atoms with Crippen molar-refractivity contribution >= 4 is 11.9 Å². The second-order valence-corrected chi connectivity index (χ2v) is 3.56. The zero-order valence-corrected chi connectivity index (χ0v) is 12.0. The van der Waals surface area contributed by atoms with E-state index in [9.17, 15) is 9.59 Å². The lowest BCUT2D eigenvalue weighted by Crippen LogP contribution is -2.14. The summed E-state index contributed by atoms with van der Waals surface area (Å²) in [5, 5.41) is 0. The minimum Gasteiger partial charge on any atom is -0.460 e. The van der Waals surface area contributed by atoms with E-state index >= 15 is 0 Å². The van der Waals surface area contributed by atoms with E-state index in [2.05, 4.69) is 0 Å². The summed E-state index contributed by atoms with van der Waals surface area (Å²) in [5.74, 6) is -0.759. The van der Waals surface area contributed by atoms with Gasteiger partial charge in [0.15, 0.2) is 0 Å². The molecule has 20 heavy (non-hydrogen) atoms. The molecule has 0 heterocycles. The Kier molecular flexibility index (Phi) is 12.6. The topological polar surface area (TPSA) is 71.1 Å². The maximum atomic E-state index is 10.9.